The second-order valence-corrected chi connectivity index (χ2v) is 6.29. The molecule has 0 saturated carbocycles. The monoisotopic (exact) mass is 379 g/mol. The van der Waals surface area contributed by atoms with Crippen LogP contribution in [0.2, 0.25) is 0 Å². The number of para-hydroxylation sites is 1. The van der Waals surface area contributed by atoms with Crippen LogP contribution in [0, 0.1) is 0 Å². The van der Waals surface area contributed by atoms with E-state index in [1.165, 1.54) is 31.4 Å². The van der Waals surface area contributed by atoms with E-state index in [4.69, 9.17) is 9.88 Å². The molecule has 2 aromatic carbocycles. The molecular weight excluding hydrogens is 362 g/mol. The zero-order valence-electron chi connectivity index (χ0n) is 13.7. The highest BCUT2D eigenvalue weighted by Crippen LogP contribution is 2.12. The molecule has 5 N–H and O–H groups in total. The van der Waals surface area contributed by atoms with Gasteiger partial charge in [0.2, 0.25) is 0 Å². The van der Waals surface area contributed by atoms with E-state index in [-0.39, 0.29) is 11.3 Å². The normalized spacial score (nSPS) is 10.7. The number of urea groups is 1. The summed E-state index contributed by atoms with van der Waals surface area (Å²) in [7, 11) is -2.74. The molecule has 26 heavy (non-hydrogen) atoms. The van der Waals surface area contributed by atoms with Crippen molar-refractivity contribution in [2.75, 3.05) is 11.5 Å². The Labute approximate surface area is 150 Å². The number of nitrogens with two attached hydrogens (primary N) is 1. The van der Waals surface area contributed by atoms with Crippen LogP contribution < -0.4 is 30.6 Å². The van der Waals surface area contributed by atoms with Gasteiger partial charge in [-0.1, -0.05) is 18.2 Å². The minimum Gasteiger partial charge on any atom is -0.497 e. The lowest BCUT2D eigenvalue weighted by atomic mass is 10.2. The molecule has 2 aromatic rings. The average molecular weight is 379 g/mol. The van der Waals surface area contributed by atoms with Crippen LogP contribution in [-0.4, -0.2) is 27.5 Å². The number of imide groups is 1. The molecule has 2 rings (SSSR count). The maximum absolute atomic E-state index is 12.0. The largest absolute Gasteiger partial charge is 0.497 e. The predicted molar refractivity (Wildman–Crippen MR) is 94.2 cm³/mol. The highest BCUT2D eigenvalue weighted by Gasteiger charge is 2.19. The van der Waals surface area contributed by atoms with Crippen LogP contribution >= 0.6 is 0 Å². The van der Waals surface area contributed by atoms with Crippen molar-refractivity contribution in [3.8, 4) is 5.75 Å². The average Bonchev–Trinajstić information content (AvgIpc) is 2.61. The molecule has 0 radical (unpaired) electrons. The molecule has 0 aliphatic rings. The van der Waals surface area contributed by atoms with Gasteiger partial charge in [-0.05, 0) is 36.4 Å². The lowest BCUT2D eigenvalue weighted by Crippen LogP contribution is -2.57. The summed E-state index contributed by atoms with van der Waals surface area (Å²) in [6, 6.07) is 12.8. The molecule has 0 fully saturated rings. The van der Waals surface area contributed by atoms with Crippen LogP contribution in [0.5, 0.6) is 5.75 Å². The molecule has 3 amide bonds. The van der Waals surface area contributed by atoms with E-state index in [0.717, 1.165) is 0 Å². The number of hydrogen-bond acceptors (Lipinski definition) is 6. The first-order valence-electron chi connectivity index (χ1n) is 7.20. The first kappa shape index (κ1) is 19.2. The predicted octanol–water partition coefficient (Wildman–Crippen LogP) is 0.264. The Bertz CT molecular complexity index is 871. The number of carbonyl (C=O) groups excluding carboxylic acids is 2. The van der Waals surface area contributed by atoms with Crippen molar-refractivity contribution in [1.82, 2.24) is 16.3 Å². The zero-order chi connectivity index (χ0) is 19.2. The van der Waals surface area contributed by atoms with Crippen molar-refractivity contribution in [2.24, 2.45) is 5.14 Å². The van der Waals surface area contributed by atoms with Crippen molar-refractivity contribution in [2.45, 2.75) is 0 Å². The molecule has 10 nitrogen and oxygen atoms in total. The lowest BCUT2D eigenvalue weighted by Gasteiger charge is -2.22. The number of amides is 3. The summed E-state index contributed by atoms with van der Waals surface area (Å²) < 4.78 is 28.8. The third kappa shape index (κ3) is 5.17. The number of nitrogens with zero attached hydrogens (tertiary/aromatic N) is 1. The Morgan fingerprint density at radius 2 is 1.65 bits per heavy atom. The fourth-order valence-corrected chi connectivity index (χ4v) is 2.48. The zero-order valence-corrected chi connectivity index (χ0v) is 14.5. The van der Waals surface area contributed by atoms with Gasteiger partial charge in [0.1, 0.15) is 5.75 Å². The molecule has 0 atom stereocenters. The number of ether oxygens (including phenoxy) is 1. The van der Waals surface area contributed by atoms with Gasteiger partial charge in [-0.3, -0.25) is 15.5 Å². The Balaban J connectivity index is 1.98. The first-order valence-corrected chi connectivity index (χ1v) is 8.70. The third-order valence-corrected chi connectivity index (χ3v) is 3.91. The Hall–Kier alpha value is -3.15. The molecule has 138 valence electrons. The van der Waals surface area contributed by atoms with Crippen LogP contribution in [0.4, 0.5) is 10.5 Å². The van der Waals surface area contributed by atoms with Crippen LogP contribution in [0.1, 0.15) is 10.4 Å². The summed E-state index contributed by atoms with van der Waals surface area (Å²) in [5, 5.41) is 7.14. The molecule has 0 heterocycles. The second-order valence-electron chi connectivity index (χ2n) is 4.89. The summed E-state index contributed by atoms with van der Waals surface area (Å²) in [6.07, 6.45) is 0. The van der Waals surface area contributed by atoms with E-state index >= 15 is 0 Å². The Kier molecular flexibility index (Phi) is 6.11. The summed E-state index contributed by atoms with van der Waals surface area (Å²) >= 11 is 0. The Morgan fingerprint density at radius 1 is 1.04 bits per heavy atom. The number of nitrogens with one attached hydrogen (secondary N) is 3. The Morgan fingerprint density at radius 3 is 2.19 bits per heavy atom. The van der Waals surface area contributed by atoms with Gasteiger partial charge in [0.15, 0.2) is 0 Å². The van der Waals surface area contributed by atoms with Gasteiger partial charge >= 0.3 is 16.2 Å². The molecule has 0 aliphatic heterocycles. The molecular formula is C15H17N5O5S. The summed E-state index contributed by atoms with van der Waals surface area (Å²) in [5.41, 5.74) is 4.55. The summed E-state index contributed by atoms with van der Waals surface area (Å²) in [4.78, 5) is 23.8. The fourth-order valence-electron chi connectivity index (χ4n) is 1.89. The molecule has 0 saturated heterocycles. The van der Waals surface area contributed by atoms with E-state index in [0.29, 0.717) is 10.2 Å². The summed E-state index contributed by atoms with van der Waals surface area (Å²) in [5.74, 6) is -0.131. The van der Waals surface area contributed by atoms with Gasteiger partial charge in [0.25, 0.3) is 5.91 Å². The van der Waals surface area contributed by atoms with Crippen molar-refractivity contribution in [3.63, 3.8) is 0 Å². The van der Waals surface area contributed by atoms with E-state index in [1.807, 2.05) is 10.7 Å². The summed E-state index contributed by atoms with van der Waals surface area (Å²) in [6.45, 7) is 0. The second kappa shape index (κ2) is 8.29. The third-order valence-electron chi connectivity index (χ3n) is 3.10. The molecule has 11 heteroatoms. The number of benzene rings is 2. The van der Waals surface area contributed by atoms with Gasteiger partial charge in [-0.15, -0.1) is 5.53 Å². The molecule has 0 unspecified atom stereocenters. The standard InChI is InChI=1S/C15H17N5O5S/c1-25-13-9-7-11(8-10-13)14(21)17-15(22)18-19-20(26(16,23)24)12-5-3-2-4-6-12/h2-10,19H,1H3,(H2,16,23,24)(H2,17,18,21,22). The number of hydrazine groups is 2. The number of methoxy groups -OCH3 is 1. The SMILES string of the molecule is COc1ccc(C(=O)NC(=O)NNN(c2ccccc2)S(N)(=O)=O)cc1. The van der Waals surface area contributed by atoms with E-state index < -0.39 is 22.1 Å². The maximum atomic E-state index is 12.0. The van der Waals surface area contributed by atoms with Gasteiger partial charge in [0, 0.05) is 5.56 Å². The number of carbonyl (C=O) groups is 2. The van der Waals surface area contributed by atoms with Crippen LogP contribution in [0.3, 0.4) is 0 Å². The van der Waals surface area contributed by atoms with Crippen LogP contribution in [0.15, 0.2) is 54.6 Å². The number of anilines is 1. The highest BCUT2D eigenvalue weighted by molar-refractivity contribution is 7.90. The maximum Gasteiger partial charge on any atom is 0.337 e. The van der Waals surface area contributed by atoms with E-state index in [2.05, 4.69) is 5.53 Å². The molecule has 0 aromatic heterocycles. The van der Waals surface area contributed by atoms with E-state index in [9.17, 15) is 18.0 Å². The van der Waals surface area contributed by atoms with Gasteiger partial charge in [-0.2, -0.15) is 12.8 Å². The van der Waals surface area contributed by atoms with Crippen molar-refractivity contribution >= 4 is 27.8 Å². The quantitative estimate of drug-likeness (QED) is 0.530. The molecule has 0 bridgehead atoms. The van der Waals surface area contributed by atoms with Crippen LogP contribution in [0.25, 0.3) is 0 Å². The van der Waals surface area contributed by atoms with Gasteiger partial charge in [-0.25, -0.2) is 9.93 Å². The number of rotatable bonds is 6. The minimum absolute atomic E-state index is 0.164. The number of hydrogen-bond donors (Lipinski definition) is 4. The van der Waals surface area contributed by atoms with E-state index in [1.54, 1.807) is 30.3 Å². The first-order chi connectivity index (χ1) is 12.3. The van der Waals surface area contributed by atoms with Crippen molar-refractivity contribution in [3.05, 3.63) is 60.2 Å². The van der Waals surface area contributed by atoms with Gasteiger partial charge < -0.3 is 4.74 Å². The molecule has 0 aliphatic carbocycles. The fraction of sp³-hybridized carbons (Fsp3) is 0.0667. The van der Waals surface area contributed by atoms with Crippen molar-refractivity contribution in [1.29, 1.82) is 0 Å². The highest BCUT2D eigenvalue weighted by atomic mass is 32.2. The smallest absolute Gasteiger partial charge is 0.337 e. The van der Waals surface area contributed by atoms with Crippen molar-refractivity contribution < 1.29 is 22.7 Å². The van der Waals surface area contributed by atoms with Gasteiger partial charge in [0.05, 0.1) is 12.8 Å². The topological polar surface area (TPSA) is 143 Å². The lowest BCUT2D eigenvalue weighted by molar-refractivity contribution is 0.0963. The van der Waals surface area contributed by atoms with Crippen LogP contribution in [-0.2, 0) is 10.2 Å². The minimum atomic E-state index is -4.22. The molecule has 0 spiro atoms.